The van der Waals surface area contributed by atoms with Gasteiger partial charge >= 0.3 is 5.97 Å². The van der Waals surface area contributed by atoms with Crippen molar-refractivity contribution in [1.82, 2.24) is 0 Å². The van der Waals surface area contributed by atoms with E-state index in [9.17, 15) is 9.90 Å². The molecule has 0 aliphatic rings. The van der Waals surface area contributed by atoms with E-state index in [0.717, 1.165) is 36.1 Å². The van der Waals surface area contributed by atoms with Crippen molar-refractivity contribution < 1.29 is 24.5 Å². The van der Waals surface area contributed by atoms with Gasteiger partial charge < -0.3 is 19.7 Å². The molecule has 0 radical (unpaired) electrons. The maximum atomic E-state index is 10.8. The summed E-state index contributed by atoms with van der Waals surface area (Å²) in [5.41, 5.74) is 4.15. The van der Waals surface area contributed by atoms with Gasteiger partial charge in [-0.05, 0) is 72.9 Å². The first-order chi connectivity index (χ1) is 15.1. The van der Waals surface area contributed by atoms with Crippen LogP contribution in [0.25, 0.3) is 0 Å². The molecule has 0 saturated heterocycles. The number of benzene rings is 2. The number of aliphatic hydroxyl groups excluding tert-OH is 1. The summed E-state index contributed by atoms with van der Waals surface area (Å²) in [5.74, 6) is 0.489. The molecule has 5 heteroatoms. The number of aliphatic carboxylic acids is 1. The van der Waals surface area contributed by atoms with E-state index in [1.807, 2.05) is 39.0 Å². The van der Waals surface area contributed by atoms with E-state index in [-0.39, 0.29) is 24.0 Å². The van der Waals surface area contributed by atoms with Crippen molar-refractivity contribution in [3.05, 3.63) is 58.7 Å². The van der Waals surface area contributed by atoms with Gasteiger partial charge in [0.15, 0.2) is 6.61 Å². The molecule has 2 aromatic rings. The van der Waals surface area contributed by atoms with Gasteiger partial charge in [-0.15, -0.1) is 0 Å². The van der Waals surface area contributed by atoms with E-state index in [4.69, 9.17) is 14.6 Å². The zero-order valence-corrected chi connectivity index (χ0v) is 20.3. The highest BCUT2D eigenvalue weighted by Crippen LogP contribution is 2.41. The van der Waals surface area contributed by atoms with Gasteiger partial charge in [-0.25, -0.2) is 4.79 Å². The summed E-state index contributed by atoms with van der Waals surface area (Å²) in [6, 6.07) is 12.4. The predicted molar refractivity (Wildman–Crippen MR) is 128 cm³/mol. The molecule has 2 N–H and O–H groups in total. The molecular formula is C27H38O5. The Morgan fingerprint density at radius 3 is 1.81 bits per heavy atom. The molecule has 2 aromatic carbocycles. The fraction of sp³-hybridized carbons (Fsp3) is 0.519. The van der Waals surface area contributed by atoms with E-state index in [2.05, 4.69) is 39.0 Å². The molecular weight excluding hydrogens is 404 g/mol. The molecule has 0 aliphatic heterocycles. The maximum Gasteiger partial charge on any atom is 0.341 e. The predicted octanol–water partition coefficient (Wildman–Crippen LogP) is 5.66. The van der Waals surface area contributed by atoms with Crippen LogP contribution in [0.4, 0.5) is 0 Å². The molecule has 0 spiro atoms. The van der Waals surface area contributed by atoms with Gasteiger partial charge in [0.2, 0.25) is 0 Å². The van der Waals surface area contributed by atoms with Crippen LogP contribution in [-0.2, 0) is 10.2 Å². The van der Waals surface area contributed by atoms with Gasteiger partial charge in [-0.1, -0.05) is 52.0 Å². The Bertz CT molecular complexity index is 912. The van der Waals surface area contributed by atoms with Crippen LogP contribution in [-0.4, -0.2) is 36.0 Å². The number of rotatable bonds is 12. The van der Waals surface area contributed by atoms with E-state index in [1.54, 1.807) is 0 Å². The van der Waals surface area contributed by atoms with Crippen LogP contribution >= 0.6 is 0 Å². The van der Waals surface area contributed by atoms with Crippen molar-refractivity contribution in [1.29, 1.82) is 0 Å². The summed E-state index contributed by atoms with van der Waals surface area (Å²) in [4.78, 5) is 10.8. The normalized spacial score (nSPS) is 12.0. The Labute approximate surface area is 192 Å². The van der Waals surface area contributed by atoms with Crippen molar-refractivity contribution in [2.75, 3.05) is 19.8 Å². The maximum absolute atomic E-state index is 10.8. The first-order valence-electron chi connectivity index (χ1n) is 11.4. The molecule has 5 nitrogen and oxygen atoms in total. The lowest BCUT2D eigenvalue weighted by atomic mass is 9.70. The smallest absolute Gasteiger partial charge is 0.341 e. The SMILES string of the molecule is CCC(CC)(c1ccc(OCCC(C)(C)CO)c(C)c1)c1ccc(OCC(=O)O)c(C)c1. The average Bonchev–Trinajstić information content (AvgIpc) is 2.75. The van der Waals surface area contributed by atoms with Crippen molar-refractivity contribution in [2.45, 2.75) is 66.2 Å². The number of hydrogen-bond donors (Lipinski definition) is 2. The Morgan fingerprint density at radius 1 is 0.906 bits per heavy atom. The minimum absolute atomic E-state index is 0.142. The first-order valence-corrected chi connectivity index (χ1v) is 11.4. The topological polar surface area (TPSA) is 76.0 Å². The van der Waals surface area contributed by atoms with Gasteiger partial charge in [-0.3, -0.25) is 0 Å². The Hall–Kier alpha value is -2.53. The minimum atomic E-state index is -0.984. The van der Waals surface area contributed by atoms with Crippen LogP contribution in [0.2, 0.25) is 0 Å². The second-order valence-electron chi connectivity index (χ2n) is 9.35. The molecule has 32 heavy (non-hydrogen) atoms. The van der Waals surface area contributed by atoms with E-state index >= 15 is 0 Å². The standard InChI is InChI=1S/C27H38O5/c1-7-27(8-2,22-10-12-24(20(4)16-22)32-17-25(29)30)21-9-11-23(19(3)15-21)31-14-13-26(5,6)18-28/h9-12,15-16,28H,7-8,13-14,17-18H2,1-6H3,(H,29,30). The van der Waals surface area contributed by atoms with Gasteiger partial charge in [0.25, 0.3) is 0 Å². The van der Waals surface area contributed by atoms with Crippen LogP contribution in [0.15, 0.2) is 36.4 Å². The summed E-state index contributed by atoms with van der Waals surface area (Å²) in [6.07, 6.45) is 2.65. The summed E-state index contributed by atoms with van der Waals surface area (Å²) >= 11 is 0. The highest BCUT2D eigenvalue weighted by molar-refractivity contribution is 5.68. The second-order valence-corrected chi connectivity index (χ2v) is 9.35. The Balaban J connectivity index is 2.30. The Morgan fingerprint density at radius 2 is 1.41 bits per heavy atom. The fourth-order valence-electron chi connectivity index (χ4n) is 4.11. The van der Waals surface area contributed by atoms with Gasteiger partial charge in [-0.2, -0.15) is 0 Å². The Kier molecular flexibility index (Phi) is 8.73. The van der Waals surface area contributed by atoms with Gasteiger partial charge in [0.05, 0.1) is 6.61 Å². The molecule has 0 atom stereocenters. The molecule has 0 amide bonds. The minimum Gasteiger partial charge on any atom is -0.493 e. The lowest BCUT2D eigenvalue weighted by Gasteiger charge is -2.34. The van der Waals surface area contributed by atoms with Crippen molar-refractivity contribution in [3.8, 4) is 11.5 Å². The molecule has 0 bridgehead atoms. The molecule has 176 valence electrons. The number of hydrogen-bond acceptors (Lipinski definition) is 4. The van der Waals surface area contributed by atoms with Crippen molar-refractivity contribution in [2.24, 2.45) is 5.41 Å². The van der Waals surface area contributed by atoms with Crippen LogP contribution in [0.5, 0.6) is 11.5 Å². The number of aliphatic hydroxyl groups is 1. The molecule has 0 saturated carbocycles. The van der Waals surface area contributed by atoms with Crippen molar-refractivity contribution >= 4 is 5.97 Å². The van der Waals surface area contributed by atoms with E-state index in [1.165, 1.54) is 11.1 Å². The fourth-order valence-corrected chi connectivity index (χ4v) is 4.11. The summed E-state index contributed by atoms with van der Waals surface area (Å²) in [5, 5.41) is 18.3. The van der Waals surface area contributed by atoms with Crippen LogP contribution in [0, 0.1) is 19.3 Å². The monoisotopic (exact) mass is 442 g/mol. The quantitative estimate of drug-likeness (QED) is 0.443. The second kappa shape index (κ2) is 10.9. The third-order valence-corrected chi connectivity index (χ3v) is 6.48. The highest BCUT2D eigenvalue weighted by Gasteiger charge is 2.31. The summed E-state index contributed by atoms with van der Waals surface area (Å²) in [6.45, 7) is 12.8. The third-order valence-electron chi connectivity index (χ3n) is 6.48. The molecule has 0 aliphatic carbocycles. The van der Waals surface area contributed by atoms with Crippen LogP contribution in [0.3, 0.4) is 0 Å². The zero-order chi connectivity index (χ0) is 23.9. The van der Waals surface area contributed by atoms with Crippen LogP contribution in [0.1, 0.15) is 69.2 Å². The third kappa shape index (κ3) is 6.04. The van der Waals surface area contributed by atoms with Crippen LogP contribution < -0.4 is 9.47 Å². The number of carbonyl (C=O) groups is 1. The molecule has 0 aromatic heterocycles. The number of carboxylic acids is 1. The molecule has 2 rings (SSSR count). The summed E-state index contributed by atoms with van der Waals surface area (Å²) in [7, 11) is 0. The summed E-state index contributed by atoms with van der Waals surface area (Å²) < 4.78 is 11.4. The van der Waals surface area contributed by atoms with E-state index in [0.29, 0.717) is 12.4 Å². The average molecular weight is 443 g/mol. The zero-order valence-electron chi connectivity index (χ0n) is 20.3. The largest absolute Gasteiger partial charge is 0.493 e. The van der Waals surface area contributed by atoms with Crippen molar-refractivity contribution in [3.63, 3.8) is 0 Å². The number of carboxylic acid groups (broad SMARTS) is 1. The lowest BCUT2D eigenvalue weighted by molar-refractivity contribution is -0.139. The van der Waals surface area contributed by atoms with Gasteiger partial charge in [0, 0.05) is 12.0 Å². The molecule has 0 heterocycles. The molecule has 0 unspecified atom stereocenters. The van der Waals surface area contributed by atoms with E-state index < -0.39 is 5.97 Å². The number of aryl methyl sites for hydroxylation is 2. The molecule has 0 fully saturated rings. The lowest BCUT2D eigenvalue weighted by Crippen LogP contribution is -2.26. The number of ether oxygens (including phenoxy) is 2. The van der Waals surface area contributed by atoms with Gasteiger partial charge in [0.1, 0.15) is 11.5 Å². The highest BCUT2D eigenvalue weighted by atomic mass is 16.5. The first kappa shape index (κ1) is 25.7.